The molecule has 1 saturated heterocycles. The van der Waals surface area contributed by atoms with Crippen molar-refractivity contribution in [3.8, 4) is 0 Å². The summed E-state index contributed by atoms with van der Waals surface area (Å²) < 4.78 is 0. The Morgan fingerprint density at radius 3 is 2.41 bits per heavy atom. The van der Waals surface area contributed by atoms with Gasteiger partial charge in [-0.2, -0.15) is 0 Å². The molecule has 2 unspecified atom stereocenters. The molecule has 1 aliphatic rings. The number of aliphatic carboxylic acids is 1. The molecule has 0 aromatic carbocycles. The van der Waals surface area contributed by atoms with E-state index in [1.54, 1.807) is 18.9 Å². The molecule has 1 aliphatic heterocycles. The topological polar surface area (TPSA) is 77.9 Å². The zero-order chi connectivity index (χ0) is 16.9. The third kappa shape index (κ3) is 5.00. The molecular formula is C16H28N2O4. The Balaban J connectivity index is 2.83. The van der Waals surface area contributed by atoms with Crippen molar-refractivity contribution in [1.29, 1.82) is 0 Å². The molecular weight excluding hydrogens is 284 g/mol. The predicted molar refractivity (Wildman–Crippen MR) is 83.2 cm³/mol. The normalized spacial score (nSPS) is 18.2. The smallest absolute Gasteiger partial charge is 0.308 e. The molecule has 6 nitrogen and oxygen atoms in total. The Morgan fingerprint density at radius 1 is 1.27 bits per heavy atom. The van der Waals surface area contributed by atoms with Gasteiger partial charge >= 0.3 is 5.97 Å². The molecule has 0 saturated carbocycles. The molecule has 0 aromatic heterocycles. The Labute approximate surface area is 132 Å². The van der Waals surface area contributed by atoms with Crippen LogP contribution in [0.4, 0.5) is 0 Å². The molecule has 0 aromatic rings. The molecule has 1 N–H and O–H groups in total. The molecule has 2 atom stereocenters. The zero-order valence-corrected chi connectivity index (χ0v) is 14.0. The number of nitrogens with zero attached hydrogens (tertiary/aromatic N) is 2. The van der Waals surface area contributed by atoms with Gasteiger partial charge in [-0.05, 0) is 25.2 Å². The van der Waals surface area contributed by atoms with Gasteiger partial charge in [0, 0.05) is 26.6 Å². The van der Waals surface area contributed by atoms with E-state index < -0.39 is 17.9 Å². The first-order valence-corrected chi connectivity index (χ1v) is 8.01. The van der Waals surface area contributed by atoms with E-state index in [4.69, 9.17) is 5.11 Å². The van der Waals surface area contributed by atoms with Gasteiger partial charge in [-0.3, -0.25) is 14.4 Å². The maximum atomic E-state index is 12.7. The number of rotatable bonds is 7. The number of likely N-dealkylation sites (N-methyl/N-ethyl adjacent to an activating group) is 1. The summed E-state index contributed by atoms with van der Waals surface area (Å²) in [5.41, 5.74) is 0. The van der Waals surface area contributed by atoms with Gasteiger partial charge in [0.2, 0.25) is 11.8 Å². The summed E-state index contributed by atoms with van der Waals surface area (Å²) in [6, 6.07) is -0.473. The largest absolute Gasteiger partial charge is 0.481 e. The van der Waals surface area contributed by atoms with E-state index >= 15 is 0 Å². The standard InChI is InChI=1S/C16H28N2O4/c1-11(2)9-13(18-8-6-5-7-14(18)19)15(20)17(4)10-12(3)16(21)22/h11-13H,5-10H2,1-4H3,(H,21,22). The maximum Gasteiger partial charge on any atom is 0.308 e. The van der Waals surface area contributed by atoms with Crippen LogP contribution in [-0.4, -0.2) is 58.9 Å². The summed E-state index contributed by atoms with van der Waals surface area (Å²) in [5.74, 6) is -1.38. The second kappa shape index (κ2) is 8.15. The average Bonchev–Trinajstić information content (AvgIpc) is 2.44. The number of carboxylic acids is 1. The van der Waals surface area contributed by atoms with Gasteiger partial charge in [0.05, 0.1) is 5.92 Å². The van der Waals surface area contributed by atoms with E-state index in [9.17, 15) is 14.4 Å². The fourth-order valence-electron chi connectivity index (χ4n) is 2.80. The fraction of sp³-hybridized carbons (Fsp3) is 0.812. The Morgan fingerprint density at radius 2 is 1.91 bits per heavy atom. The lowest BCUT2D eigenvalue weighted by Gasteiger charge is -2.37. The first-order chi connectivity index (χ1) is 10.2. The number of carboxylic acid groups (broad SMARTS) is 1. The third-order valence-electron chi connectivity index (χ3n) is 4.06. The molecule has 6 heteroatoms. The number of carbonyl (C=O) groups is 3. The Kier molecular flexibility index (Phi) is 6.84. The molecule has 2 amide bonds. The third-order valence-corrected chi connectivity index (χ3v) is 4.06. The van der Waals surface area contributed by atoms with Crippen LogP contribution in [-0.2, 0) is 14.4 Å². The van der Waals surface area contributed by atoms with Crippen molar-refractivity contribution in [3.63, 3.8) is 0 Å². The van der Waals surface area contributed by atoms with Gasteiger partial charge in [0.25, 0.3) is 0 Å². The van der Waals surface area contributed by atoms with E-state index in [0.29, 0.717) is 19.4 Å². The number of hydrogen-bond acceptors (Lipinski definition) is 3. The monoisotopic (exact) mass is 312 g/mol. The van der Waals surface area contributed by atoms with Crippen LogP contribution in [0.15, 0.2) is 0 Å². The highest BCUT2D eigenvalue weighted by molar-refractivity contribution is 5.88. The lowest BCUT2D eigenvalue weighted by atomic mass is 9.98. The van der Waals surface area contributed by atoms with Crippen molar-refractivity contribution < 1.29 is 19.5 Å². The minimum atomic E-state index is -0.922. The summed E-state index contributed by atoms with van der Waals surface area (Å²) >= 11 is 0. The highest BCUT2D eigenvalue weighted by Gasteiger charge is 2.34. The van der Waals surface area contributed by atoms with Crippen LogP contribution >= 0.6 is 0 Å². The van der Waals surface area contributed by atoms with Gasteiger partial charge in [-0.25, -0.2) is 0 Å². The van der Waals surface area contributed by atoms with Crippen molar-refractivity contribution in [2.75, 3.05) is 20.1 Å². The lowest BCUT2D eigenvalue weighted by Crippen LogP contribution is -2.53. The predicted octanol–water partition coefficient (Wildman–Crippen LogP) is 1.59. The second-order valence-corrected chi connectivity index (χ2v) is 6.65. The average molecular weight is 312 g/mol. The Bertz CT molecular complexity index is 422. The lowest BCUT2D eigenvalue weighted by molar-refractivity contribution is -0.149. The van der Waals surface area contributed by atoms with E-state index in [1.165, 1.54) is 4.90 Å². The van der Waals surface area contributed by atoms with Gasteiger partial charge in [0.1, 0.15) is 6.04 Å². The first kappa shape index (κ1) is 18.5. The van der Waals surface area contributed by atoms with E-state index in [2.05, 4.69) is 0 Å². The number of hydrogen-bond donors (Lipinski definition) is 1. The molecule has 1 rings (SSSR count). The SMILES string of the molecule is CC(C)CC(C(=O)N(C)CC(C)C(=O)O)N1CCCCC1=O. The molecule has 126 valence electrons. The van der Waals surface area contributed by atoms with Gasteiger partial charge in [0.15, 0.2) is 0 Å². The molecule has 1 heterocycles. The van der Waals surface area contributed by atoms with Crippen LogP contribution in [0.2, 0.25) is 0 Å². The fourth-order valence-corrected chi connectivity index (χ4v) is 2.80. The van der Waals surface area contributed by atoms with Crippen LogP contribution in [0.1, 0.15) is 46.5 Å². The van der Waals surface area contributed by atoms with Crippen LogP contribution in [0.3, 0.4) is 0 Å². The molecule has 0 spiro atoms. The Hall–Kier alpha value is -1.59. The van der Waals surface area contributed by atoms with Crippen LogP contribution in [0.5, 0.6) is 0 Å². The summed E-state index contributed by atoms with van der Waals surface area (Å²) in [7, 11) is 1.61. The number of carbonyl (C=O) groups excluding carboxylic acids is 2. The van der Waals surface area contributed by atoms with Gasteiger partial charge in [-0.1, -0.05) is 20.8 Å². The number of amides is 2. The highest BCUT2D eigenvalue weighted by Crippen LogP contribution is 2.20. The van der Waals surface area contributed by atoms with Crippen molar-refractivity contribution in [2.45, 2.75) is 52.5 Å². The quantitative estimate of drug-likeness (QED) is 0.774. The maximum absolute atomic E-state index is 12.7. The van der Waals surface area contributed by atoms with E-state index in [-0.39, 0.29) is 24.3 Å². The molecule has 22 heavy (non-hydrogen) atoms. The van der Waals surface area contributed by atoms with Gasteiger partial charge < -0.3 is 14.9 Å². The first-order valence-electron chi connectivity index (χ1n) is 8.01. The summed E-state index contributed by atoms with van der Waals surface area (Å²) in [4.78, 5) is 39.0. The molecule has 1 fully saturated rings. The number of piperidine rings is 1. The van der Waals surface area contributed by atoms with Crippen LogP contribution < -0.4 is 0 Å². The molecule has 0 aliphatic carbocycles. The minimum absolute atomic E-state index is 0.0323. The van der Waals surface area contributed by atoms with Crippen molar-refractivity contribution in [2.24, 2.45) is 11.8 Å². The highest BCUT2D eigenvalue weighted by atomic mass is 16.4. The summed E-state index contributed by atoms with van der Waals surface area (Å²) in [6.07, 6.45) is 2.90. The summed E-state index contributed by atoms with van der Waals surface area (Å²) in [6.45, 7) is 6.40. The minimum Gasteiger partial charge on any atom is -0.481 e. The zero-order valence-electron chi connectivity index (χ0n) is 14.0. The molecule has 0 bridgehead atoms. The number of likely N-dealkylation sites (tertiary alicyclic amines) is 1. The van der Waals surface area contributed by atoms with Crippen molar-refractivity contribution in [1.82, 2.24) is 9.80 Å². The van der Waals surface area contributed by atoms with E-state index in [1.807, 2.05) is 13.8 Å². The van der Waals surface area contributed by atoms with Crippen LogP contribution in [0, 0.1) is 11.8 Å². The van der Waals surface area contributed by atoms with Crippen molar-refractivity contribution in [3.05, 3.63) is 0 Å². The summed E-state index contributed by atoms with van der Waals surface area (Å²) in [5, 5.41) is 8.98. The van der Waals surface area contributed by atoms with Crippen LogP contribution in [0.25, 0.3) is 0 Å². The second-order valence-electron chi connectivity index (χ2n) is 6.65. The van der Waals surface area contributed by atoms with Gasteiger partial charge in [-0.15, -0.1) is 0 Å². The van der Waals surface area contributed by atoms with Crippen molar-refractivity contribution >= 4 is 17.8 Å². The molecule has 0 radical (unpaired) electrons. The van der Waals surface area contributed by atoms with E-state index in [0.717, 1.165) is 12.8 Å².